The second kappa shape index (κ2) is 23.0. The molecule has 33 heavy (non-hydrogen) atoms. The van der Waals surface area contributed by atoms with Crippen LogP contribution in [0.15, 0.2) is 0 Å². The van der Waals surface area contributed by atoms with Gasteiger partial charge in [0, 0.05) is 65.0 Å². The lowest BCUT2D eigenvalue weighted by Gasteiger charge is -2.08. The number of carbonyl (C=O) groups excluding carboxylic acids is 4. The van der Waals surface area contributed by atoms with Crippen molar-refractivity contribution in [3.05, 3.63) is 0 Å². The average Bonchev–Trinajstić information content (AvgIpc) is 2.78. The van der Waals surface area contributed by atoms with E-state index in [-0.39, 0.29) is 23.6 Å². The van der Waals surface area contributed by atoms with Gasteiger partial charge in [0.25, 0.3) is 0 Å². The Morgan fingerprint density at radius 3 is 1.09 bits per heavy atom. The van der Waals surface area contributed by atoms with E-state index in [1.165, 1.54) is 0 Å². The smallest absolute Gasteiger partial charge is 0.221 e. The minimum Gasteiger partial charge on any atom is -0.356 e. The normalized spacial score (nSPS) is 10.5. The molecule has 0 unspecified atom stereocenters. The summed E-state index contributed by atoms with van der Waals surface area (Å²) in [5, 5.41) is 14.5. The van der Waals surface area contributed by atoms with E-state index in [4.69, 9.17) is 0 Å². The third kappa shape index (κ3) is 22.8. The maximum Gasteiger partial charge on any atom is 0.221 e. The van der Waals surface area contributed by atoms with Gasteiger partial charge in [0.15, 0.2) is 0 Å². The van der Waals surface area contributed by atoms with Gasteiger partial charge in [-0.3, -0.25) is 19.2 Å². The molecule has 0 aliphatic heterocycles. The lowest BCUT2D eigenvalue weighted by Crippen LogP contribution is -2.33. The van der Waals surface area contributed by atoms with Crippen molar-refractivity contribution in [3.8, 4) is 0 Å². The Morgan fingerprint density at radius 1 is 0.424 bits per heavy atom. The molecule has 0 saturated heterocycles. The molecule has 0 fully saturated rings. The van der Waals surface area contributed by atoms with Crippen molar-refractivity contribution in [1.29, 1.82) is 0 Å². The van der Waals surface area contributed by atoms with Crippen LogP contribution in [0.1, 0.15) is 90.9 Å². The average molecular weight is 470 g/mol. The molecule has 4 amide bonds. The molecule has 0 aliphatic rings. The van der Waals surface area contributed by atoms with Gasteiger partial charge in [-0.1, -0.05) is 39.5 Å². The number of hydrogen-bond donors (Lipinski definition) is 5. The maximum absolute atomic E-state index is 11.8. The van der Waals surface area contributed by atoms with Gasteiger partial charge in [0.1, 0.15) is 0 Å². The molecule has 192 valence electrons. The van der Waals surface area contributed by atoms with Gasteiger partial charge in [-0.15, -0.1) is 0 Å². The summed E-state index contributed by atoms with van der Waals surface area (Å²) in [6, 6.07) is 0. The van der Waals surface area contributed by atoms with Crippen LogP contribution >= 0.6 is 0 Å². The van der Waals surface area contributed by atoms with E-state index >= 15 is 0 Å². The van der Waals surface area contributed by atoms with E-state index in [1.54, 1.807) is 0 Å². The summed E-state index contributed by atoms with van der Waals surface area (Å²) in [5.74, 6) is 0.0658. The molecule has 0 aromatic rings. The largest absolute Gasteiger partial charge is 0.356 e. The van der Waals surface area contributed by atoms with E-state index in [0.717, 1.165) is 38.5 Å². The Balaban J connectivity index is 3.45. The van der Waals surface area contributed by atoms with Gasteiger partial charge >= 0.3 is 0 Å². The molecule has 9 heteroatoms. The summed E-state index contributed by atoms with van der Waals surface area (Å²) >= 11 is 0. The minimum absolute atomic E-state index is 0.0436. The van der Waals surface area contributed by atoms with Gasteiger partial charge in [-0.05, 0) is 25.7 Å². The molecule has 0 aromatic carbocycles. The maximum atomic E-state index is 11.8. The molecule has 0 rings (SSSR count). The van der Waals surface area contributed by atoms with Crippen LogP contribution in [-0.2, 0) is 19.2 Å². The number of rotatable bonds is 22. The standard InChI is InChI=1S/C24H47N5O4/c1-3-5-7-11-21(30)26-15-9-17-28-23(32)13-19-25-20-14-24(33)29-18-10-16-27-22(31)12-8-6-4-2/h25H,3-20H2,1-2H3,(H,26,30)(H,27,31)(H,28,32)(H,29,33). The van der Waals surface area contributed by atoms with Crippen molar-refractivity contribution >= 4 is 23.6 Å². The van der Waals surface area contributed by atoms with E-state index in [0.29, 0.717) is 77.8 Å². The summed E-state index contributed by atoms with van der Waals surface area (Å²) < 4.78 is 0. The monoisotopic (exact) mass is 469 g/mol. The van der Waals surface area contributed by atoms with Crippen LogP contribution in [0.2, 0.25) is 0 Å². The topological polar surface area (TPSA) is 128 Å². The highest BCUT2D eigenvalue weighted by Crippen LogP contribution is 1.98. The fourth-order valence-electron chi connectivity index (χ4n) is 3.04. The quantitative estimate of drug-likeness (QED) is 0.154. The highest BCUT2D eigenvalue weighted by atomic mass is 16.2. The molecular formula is C24H47N5O4. The molecule has 9 nitrogen and oxygen atoms in total. The second-order valence-corrected chi connectivity index (χ2v) is 8.27. The van der Waals surface area contributed by atoms with E-state index in [1.807, 2.05) is 0 Å². The molecule has 0 heterocycles. The highest BCUT2D eigenvalue weighted by Gasteiger charge is 2.04. The first-order valence-electron chi connectivity index (χ1n) is 12.8. The predicted molar refractivity (Wildman–Crippen MR) is 132 cm³/mol. The zero-order valence-corrected chi connectivity index (χ0v) is 20.9. The first-order valence-corrected chi connectivity index (χ1v) is 12.8. The zero-order chi connectivity index (χ0) is 24.6. The van der Waals surface area contributed by atoms with Gasteiger partial charge in [-0.25, -0.2) is 0 Å². The highest BCUT2D eigenvalue weighted by molar-refractivity contribution is 5.77. The Kier molecular flexibility index (Phi) is 21.5. The summed E-state index contributed by atoms with van der Waals surface area (Å²) in [6.07, 6.45) is 9.45. The van der Waals surface area contributed by atoms with Gasteiger partial charge in [0.05, 0.1) is 0 Å². The second-order valence-electron chi connectivity index (χ2n) is 8.27. The van der Waals surface area contributed by atoms with Crippen molar-refractivity contribution in [1.82, 2.24) is 26.6 Å². The van der Waals surface area contributed by atoms with E-state index in [2.05, 4.69) is 40.4 Å². The van der Waals surface area contributed by atoms with Crippen LogP contribution < -0.4 is 26.6 Å². The van der Waals surface area contributed by atoms with Crippen molar-refractivity contribution in [2.75, 3.05) is 39.3 Å². The zero-order valence-electron chi connectivity index (χ0n) is 20.9. The lowest BCUT2D eigenvalue weighted by molar-refractivity contribution is -0.122. The molecular weight excluding hydrogens is 422 g/mol. The summed E-state index contributed by atoms with van der Waals surface area (Å²) in [5.41, 5.74) is 0. The summed E-state index contributed by atoms with van der Waals surface area (Å²) in [4.78, 5) is 46.7. The number of unbranched alkanes of at least 4 members (excludes halogenated alkanes) is 4. The fraction of sp³-hybridized carbons (Fsp3) is 0.833. The Morgan fingerprint density at radius 2 is 0.758 bits per heavy atom. The number of carbonyl (C=O) groups is 4. The van der Waals surface area contributed by atoms with Crippen LogP contribution in [0.4, 0.5) is 0 Å². The van der Waals surface area contributed by atoms with Crippen molar-refractivity contribution < 1.29 is 19.2 Å². The first kappa shape index (κ1) is 30.8. The van der Waals surface area contributed by atoms with Crippen molar-refractivity contribution in [2.24, 2.45) is 0 Å². The van der Waals surface area contributed by atoms with Gasteiger partial charge < -0.3 is 26.6 Å². The van der Waals surface area contributed by atoms with Crippen LogP contribution in [-0.4, -0.2) is 62.9 Å². The SMILES string of the molecule is CCCCCC(=O)NCCCNC(=O)CCNCCC(=O)NCCCNC(=O)CCCCC. The molecule has 0 radical (unpaired) electrons. The molecule has 0 atom stereocenters. The number of amides is 4. The number of hydrogen-bond acceptors (Lipinski definition) is 5. The van der Waals surface area contributed by atoms with Gasteiger partial charge in [-0.2, -0.15) is 0 Å². The molecule has 0 aromatic heterocycles. The fourth-order valence-corrected chi connectivity index (χ4v) is 3.04. The Hall–Kier alpha value is -2.16. The Bertz CT molecular complexity index is 497. The molecule has 0 aliphatic carbocycles. The lowest BCUT2D eigenvalue weighted by atomic mass is 10.2. The summed E-state index contributed by atoms with van der Waals surface area (Å²) in [6.45, 7) is 7.46. The summed E-state index contributed by atoms with van der Waals surface area (Å²) in [7, 11) is 0. The third-order valence-electron chi connectivity index (χ3n) is 5.07. The van der Waals surface area contributed by atoms with E-state index in [9.17, 15) is 19.2 Å². The van der Waals surface area contributed by atoms with Crippen molar-refractivity contribution in [2.45, 2.75) is 90.9 Å². The predicted octanol–water partition coefficient (Wildman–Crippen LogP) is 1.76. The van der Waals surface area contributed by atoms with Crippen LogP contribution in [0.3, 0.4) is 0 Å². The molecule has 5 N–H and O–H groups in total. The van der Waals surface area contributed by atoms with Crippen LogP contribution in [0.25, 0.3) is 0 Å². The van der Waals surface area contributed by atoms with Crippen LogP contribution in [0, 0.1) is 0 Å². The minimum atomic E-state index is -0.0436. The molecule has 0 bridgehead atoms. The number of nitrogens with one attached hydrogen (secondary N) is 5. The van der Waals surface area contributed by atoms with Crippen LogP contribution in [0.5, 0.6) is 0 Å². The first-order chi connectivity index (χ1) is 16.0. The van der Waals surface area contributed by atoms with E-state index < -0.39 is 0 Å². The molecule has 0 spiro atoms. The third-order valence-corrected chi connectivity index (χ3v) is 5.07. The Labute approximate surface area is 200 Å². The van der Waals surface area contributed by atoms with Gasteiger partial charge in [0.2, 0.25) is 23.6 Å². The van der Waals surface area contributed by atoms with Crippen molar-refractivity contribution in [3.63, 3.8) is 0 Å². The molecule has 0 saturated carbocycles.